The molecule has 3 aliphatic heterocycles. The quantitative estimate of drug-likeness (QED) is 0.362. The number of unbranched alkanes of at least 4 members (excludes halogenated alkanes) is 3. The van der Waals surface area contributed by atoms with Crippen molar-refractivity contribution in [2.45, 2.75) is 141 Å². The molecule has 9 heteroatoms. The second kappa shape index (κ2) is 13.2. The van der Waals surface area contributed by atoms with Gasteiger partial charge in [0.2, 0.25) is 11.9 Å². The number of likely N-dealkylation sites (tertiary alicyclic amines) is 2. The predicted molar refractivity (Wildman–Crippen MR) is 175 cm³/mol. The van der Waals surface area contributed by atoms with Crippen LogP contribution in [0.2, 0.25) is 0 Å². The van der Waals surface area contributed by atoms with Crippen LogP contribution in [0.1, 0.15) is 107 Å². The first-order valence-electron chi connectivity index (χ1n) is 16.6. The van der Waals surface area contributed by atoms with E-state index < -0.39 is 0 Å². The predicted octanol–water partition coefficient (Wildman–Crippen LogP) is 4.97. The first-order valence-corrected chi connectivity index (χ1v) is 16.6. The van der Waals surface area contributed by atoms with Gasteiger partial charge in [-0.05, 0) is 115 Å². The summed E-state index contributed by atoms with van der Waals surface area (Å²) in [4.78, 5) is 24.2. The molecule has 0 radical (unpaired) electrons. The molecule has 1 N–H and O–H groups in total. The van der Waals surface area contributed by atoms with Crippen LogP contribution in [0.5, 0.6) is 0 Å². The van der Waals surface area contributed by atoms with Crippen molar-refractivity contribution in [2.24, 2.45) is 0 Å². The van der Waals surface area contributed by atoms with E-state index in [1.54, 1.807) is 6.33 Å². The van der Waals surface area contributed by atoms with Crippen LogP contribution in [0.4, 0.5) is 11.9 Å². The Bertz CT molecular complexity index is 970. The maximum Gasteiger partial charge on any atom is 0.230 e. The molecule has 3 saturated heterocycles. The Balaban J connectivity index is 1.35. The molecule has 0 aliphatic carbocycles. The maximum atomic E-state index is 5.57. The molecule has 0 atom stereocenters. The third-order valence-corrected chi connectivity index (χ3v) is 10.9. The lowest BCUT2D eigenvalue weighted by atomic mass is 9.77. The van der Waals surface area contributed by atoms with Gasteiger partial charge in [0.1, 0.15) is 6.33 Å². The van der Waals surface area contributed by atoms with Crippen LogP contribution in [0, 0.1) is 0 Å². The highest BCUT2D eigenvalue weighted by molar-refractivity contribution is 5.39. The van der Waals surface area contributed by atoms with Crippen molar-refractivity contribution >= 4 is 11.9 Å². The summed E-state index contributed by atoms with van der Waals surface area (Å²) in [6, 6.07) is 0.992. The number of anilines is 2. The Kier molecular flexibility index (Phi) is 10.5. The molecule has 0 unspecified atom stereocenters. The minimum Gasteiger partial charge on any atom is -0.378 e. The average molecular weight is 587 g/mol. The number of hydrogen-bond donors (Lipinski definition) is 1. The molecule has 0 aromatic carbocycles. The summed E-state index contributed by atoms with van der Waals surface area (Å²) in [6.45, 7) is 24.3. The number of nitrogens with zero attached hydrogens (tertiary/aromatic N) is 7. The third-order valence-electron chi connectivity index (χ3n) is 10.9. The van der Waals surface area contributed by atoms with Gasteiger partial charge in [0.15, 0.2) is 0 Å². The van der Waals surface area contributed by atoms with Crippen LogP contribution in [-0.4, -0.2) is 112 Å². The van der Waals surface area contributed by atoms with E-state index in [0.29, 0.717) is 12.1 Å². The van der Waals surface area contributed by atoms with Crippen molar-refractivity contribution in [2.75, 3.05) is 63.3 Å². The van der Waals surface area contributed by atoms with Crippen LogP contribution >= 0.6 is 0 Å². The molecule has 240 valence electrons. The summed E-state index contributed by atoms with van der Waals surface area (Å²) in [5.74, 6) is 1.62. The molecule has 3 aliphatic rings. The molecule has 1 aromatic rings. The number of piperidine rings is 2. The van der Waals surface area contributed by atoms with Gasteiger partial charge in [0.05, 0.1) is 13.2 Å². The molecule has 0 bridgehead atoms. The van der Waals surface area contributed by atoms with E-state index in [2.05, 4.69) is 99.4 Å². The van der Waals surface area contributed by atoms with E-state index in [4.69, 9.17) is 14.7 Å². The fourth-order valence-electron chi connectivity index (χ4n) is 7.90. The van der Waals surface area contributed by atoms with Crippen molar-refractivity contribution in [1.29, 1.82) is 0 Å². The molecule has 1 aromatic heterocycles. The highest BCUT2D eigenvalue weighted by Gasteiger charge is 2.45. The summed E-state index contributed by atoms with van der Waals surface area (Å²) in [5.41, 5.74) is 0.675. The number of aromatic nitrogens is 3. The topological polar surface area (TPSA) is 72.9 Å². The Hall–Kier alpha value is -1.55. The van der Waals surface area contributed by atoms with Gasteiger partial charge >= 0.3 is 0 Å². The number of hydrogen-bond acceptors (Lipinski definition) is 9. The molecule has 4 rings (SSSR count). The Labute approximate surface area is 257 Å². The van der Waals surface area contributed by atoms with Crippen LogP contribution in [0.15, 0.2) is 6.33 Å². The monoisotopic (exact) mass is 587 g/mol. The molecule has 3 fully saturated rings. The fraction of sp³-hybridized carbons (Fsp3) is 0.909. The largest absolute Gasteiger partial charge is 0.378 e. The SMILES string of the molecule is CN1C(C)(C)CC(NCCCCCCN(c2ncnc(N3CCOCC3)n2)C2CC(C)(C)N(C)C(C)(C)C2)CC1(C)C. The Morgan fingerprint density at radius 2 is 1.33 bits per heavy atom. The van der Waals surface area contributed by atoms with Gasteiger partial charge in [0.25, 0.3) is 0 Å². The average Bonchev–Trinajstić information content (AvgIpc) is 2.92. The number of rotatable bonds is 11. The van der Waals surface area contributed by atoms with E-state index in [0.717, 1.165) is 70.6 Å². The van der Waals surface area contributed by atoms with Crippen molar-refractivity contribution in [3.05, 3.63) is 6.33 Å². The third kappa shape index (κ3) is 7.93. The number of morpholine rings is 1. The zero-order valence-electron chi connectivity index (χ0n) is 28.7. The number of nitrogens with one attached hydrogen (secondary N) is 1. The highest BCUT2D eigenvalue weighted by Crippen LogP contribution is 2.40. The lowest BCUT2D eigenvalue weighted by molar-refractivity contribution is -0.0180. The minimum atomic E-state index is 0.105. The Morgan fingerprint density at radius 1 is 0.786 bits per heavy atom. The summed E-state index contributed by atoms with van der Waals surface area (Å²) in [5, 5.41) is 3.91. The molecule has 9 nitrogen and oxygen atoms in total. The van der Waals surface area contributed by atoms with Crippen molar-refractivity contribution in [3.8, 4) is 0 Å². The standard InChI is InChI=1S/C33H62N8O/c1-30(2)21-26(22-31(3,4)38(30)9)34-15-13-11-12-14-16-41(27-23-32(5,6)39(10)33(7,8)24-27)29-36-25-35-28(37-29)40-17-19-42-20-18-40/h25-27,34H,11-24H2,1-10H3. The normalized spacial score (nSPS) is 25.0. The summed E-state index contributed by atoms with van der Waals surface area (Å²) in [6.07, 6.45) is 11.2. The summed E-state index contributed by atoms with van der Waals surface area (Å²) >= 11 is 0. The molecule has 0 spiro atoms. The number of ether oxygens (including phenoxy) is 1. The molecular weight excluding hydrogens is 524 g/mol. The summed E-state index contributed by atoms with van der Waals surface area (Å²) < 4.78 is 5.57. The van der Waals surface area contributed by atoms with Gasteiger partial charge in [-0.3, -0.25) is 9.80 Å². The van der Waals surface area contributed by atoms with Crippen LogP contribution < -0.4 is 15.1 Å². The van der Waals surface area contributed by atoms with E-state index >= 15 is 0 Å². The highest BCUT2D eigenvalue weighted by atomic mass is 16.5. The van der Waals surface area contributed by atoms with Gasteiger partial charge in [-0.2, -0.15) is 4.98 Å². The first kappa shape index (κ1) is 33.3. The van der Waals surface area contributed by atoms with Gasteiger partial charge in [-0.25, -0.2) is 9.97 Å². The van der Waals surface area contributed by atoms with Crippen molar-refractivity contribution in [3.63, 3.8) is 0 Å². The second-order valence-electron chi connectivity index (χ2n) is 15.8. The lowest BCUT2D eigenvalue weighted by Crippen LogP contribution is -2.63. The molecular formula is C33H62N8O. The zero-order chi connectivity index (χ0) is 30.8. The van der Waals surface area contributed by atoms with E-state index in [1.165, 1.54) is 32.1 Å². The van der Waals surface area contributed by atoms with Crippen molar-refractivity contribution < 1.29 is 4.74 Å². The molecule has 42 heavy (non-hydrogen) atoms. The first-order chi connectivity index (χ1) is 19.6. The summed E-state index contributed by atoms with van der Waals surface area (Å²) in [7, 11) is 4.56. The van der Waals surface area contributed by atoms with E-state index in [-0.39, 0.29) is 22.2 Å². The smallest absolute Gasteiger partial charge is 0.230 e. The zero-order valence-corrected chi connectivity index (χ0v) is 28.7. The Morgan fingerprint density at radius 3 is 1.93 bits per heavy atom. The van der Waals surface area contributed by atoms with Crippen LogP contribution in [0.3, 0.4) is 0 Å². The second-order valence-corrected chi connectivity index (χ2v) is 15.8. The van der Waals surface area contributed by atoms with Gasteiger partial charge in [-0.15, -0.1) is 0 Å². The van der Waals surface area contributed by atoms with E-state index in [9.17, 15) is 0 Å². The maximum absolute atomic E-state index is 5.57. The fourth-order valence-corrected chi connectivity index (χ4v) is 7.90. The van der Waals surface area contributed by atoms with E-state index in [1.807, 2.05) is 0 Å². The lowest BCUT2D eigenvalue weighted by Gasteiger charge is -2.55. The van der Waals surface area contributed by atoms with Gasteiger partial charge in [-0.1, -0.05) is 12.8 Å². The molecule has 4 heterocycles. The van der Waals surface area contributed by atoms with Crippen LogP contribution in [0.25, 0.3) is 0 Å². The molecule has 0 saturated carbocycles. The van der Waals surface area contributed by atoms with Crippen LogP contribution in [-0.2, 0) is 4.74 Å². The minimum absolute atomic E-state index is 0.105. The van der Waals surface area contributed by atoms with Crippen molar-refractivity contribution in [1.82, 2.24) is 30.1 Å². The van der Waals surface area contributed by atoms with Gasteiger partial charge < -0.3 is 19.9 Å². The molecule has 0 amide bonds. The van der Waals surface area contributed by atoms with Gasteiger partial charge in [0, 0.05) is 53.9 Å².